The second-order valence-electron chi connectivity index (χ2n) is 5.14. The quantitative estimate of drug-likeness (QED) is 0.833. The van der Waals surface area contributed by atoms with Crippen molar-refractivity contribution in [1.82, 2.24) is 9.97 Å². The number of rotatable bonds is 1. The highest BCUT2D eigenvalue weighted by molar-refractivity contribution is 5.68. The van der Waals surface area contributed by atoms with Gasteiger partial charge in [-0.15, -0.1) is 0 Å². The van der Waals surface area contributed by atoms with Gasteiger partial charge in [0.05, 0.1) is 5.56 Å². The Kier molecular flexibility index (Phi) is 2.26. The van der Waals surface area contributed by atoms with Crippen LogP contribution in [0.15, 0.2) is 30.5 Å². The van der Waals surface area contributed by atoms with E-state index in [4.69, 9.17) is 10.5 Å². The highest BCUT2D eigenvalue weighted by Crippen LogP contribution is 2.41. The minimum atomic E-state index is -0.168. The molecule has 0 aliphatic carbocycles. The maximum absolute atomic E-state index is 6.00. The zero-order valence-corrected chi connectivity index (χ0v) is 10.5. The number of hydrogen-bond donors (Lipinski definition) is 1. The molecule has 0 radical (unpaired) electrons. The molecule has 1 aliphatic rings. The molecule has 0 saturated carbocycles. The molecule has 0 saturated heterocycles. The fraction of sp³-hybridized carbons (Fsp3) is 0.286. The predicted molar refractivity (Wildman–Crippen MR) is 70.3 cm³/mol. The summed E-state index contributed by atoms with van der Waals surface area (Å²) in [7, 11) is 0. The maximum atomic E-state index is 6.00. The summed E-state index contributed by atoms with van der Waals surface area (Å²) < 4.78 is 6.00. The first-order valence-corrected chi connectivity index (χ1v) is 5.95. The highest BCUT2D eigenvalue weighted by atomic mass is 16.5. The van der Waals surface area contributed by atoms with Crippen LogP contribution in [0.5, 0.6) is 5.75 Å². The van der Waals surface area contributed by atoms with Crippen LogP contribution >= 0.6 is 0 Å². The number of ether oxygens (including phenoxy) is 1. The monoisotopic (exact) mass is 241 g/mol. The lowest BCUT2D eigenvalue weighted by Crippen LogP contribution is -2.24. The van der Waals surface area contributed by atoms with Gasteiger partial charge in [-0.1, -0.05) is 12.1 Å². The van der Waals surface area contributed by atoms with Crippen molar-refractivity contribution in [2.24, 2.45) is 0 Å². The van der Waals surface area contributed by atoms with E-state index in [9.17, 15) is 0 Å². The molecule has 2 heterocycles. The van der Waals surface area contributed by atoms with E-state index >= 15 is 0 Å². The Balaban J connectivity index is 2.13. The van der Waals surface area contributed by atoms with Crippen LogP contribution in [0, 0.1) is 0 Å². The number of aromatic nitrogens is 2. The van der Waals surface area contributed by atoms with E-state index in [0.29, 0.717) is 11.6 Å². The number of para-hydroxylation sites is 1. The Labute approximate surface area is 106 Å². The van der Waals surface area contributed by atoms with Crippen molar-refractivity contribution in [3.63, 3.8) is 0 Å². The summed E-state index contributed by atoms with van der Waals surface area (Å²) in [5.41, 5.74) is 7.64. The van der Waals surface area contributed by atoms with Gasteiger partial charge in [-0.05, 0) is 31.5 Å². The van der Waals surface area contributed by atoms with Crippen LogP contribution in [0.25, 0.3) is 11.4 Å². The van der Waals surface area contributed by atoms with Gasteiger partial charge in [0.1, 0.15) is 17.2 Å². The van der Waals surface area contributed by atoms with Crippen LogP contribution in [-0.2, 0) is 6.42 Å². The third kappa shape index (κ3) is 1.79. The van der Waals surface area contributed by atoms with E-state index in [1.807, 2.05) is 12.1 Å². The van der Waals surface area contributed by atoms with Crippen molar-refractivity contribution in [1.29, 1.82) is 0 Å². The summed E-state index contributed by atoms with van der Waals surface area (Å²) in [6, 6.07) is 7.73. The molecule has 4 nitrogen and oxygen atoms in total. The van der Waals surface area contributed by atoms with Gasteiger partial charge in [0.15, 0.2) is 5.82 Å². The summed E-state index contributed by atoms with van der Waals surface area (Å²) in [6.45, 7) is 4.16. The van der Waals surface area contributed by atoms with Crippen molar-refractivity contribution in [3.8, 4) is 17.1 Å². The molecule has 0 fully saturated rings. The number of nitrogen functional groups attached to an aromatic ring is 1. The number of hydrogen-bond acceptors (Lipinski definition) is 4. The Hall–Kier alpha value is -2.10. The molecule has 0 unspecified atom stereocenters. The number of nitrogens with zero attached hydrogens (tertiary/aromatic N) is 2. The Bertz CT molecular complexity index is 608. The lowest BCUT2D eigenvalue weighted by molar-refractivity contribution is 0.139. The van der Waals surface area contributed by atoms with Gasteiger partial charge in [0.25, 0.3) is 0 Å². The molecule has 18 heavy (non-hydrogen) atoms. The van der Waals surface area contributed by atoms with E-state index in [1.54, 1.807) is 12.3 Å². The largest absolute Gasteiger partial charge is 0.486 e. The van der Waals surface area contributed by atoms with Crippen molar-refractivity contribution in [3.05, 3.63) is 36.0 Å². The van der Waals surface area contributed by atoms with Crippen LogP contribution in [0.2, 0.25) is 0 Å². The maximum Gasteiger partial charge on any atom is 0.165 e. The lowest BCUT2D eigenvalue weighted by atomic mass is 10.0. The fourth-order valence-electron chi connectivity index (χ4n) is 2.29. The predicted octanol–water partition coefficient (Wildman–Crippen LogP) is 2.44. The number of anilines is 1. The molecule has 0 spiro atoms. The molecule has 0 atom stereocenters. The summed E-state index contributed by atoms with van der Waals surface area (Å²) in [6.07, 6.45) is 2.57. The van der Waals surface area contributed by atoms with Gasteiger partial charge in [-0.3, -0.25) is 0 Å². The lowest BCUT2D eigenvalue weighted by Gasteiger charge is -2.17. The normalized spacial score (nSPS) is 16.1. The van der Waals surface area contributed by atoms with Gasteiger partial charge in [0, 0.05) is 12.6 Å². The molecule has 1 aliphatic heterocycles. The van der Waals surface area contributed by atoms with E-state index in [2.05, 4.69) is 29.9 Å². The molecule has 1 aromatic carbocycles. The Morgan fingerprint density at radius 2 is 2.11 bits per heavy atom. The fourth-order valence-corrected chi connectivity index (χ4v) is 2.29. The average molecular weight is 241 g/mol. The molecule has 2 N–H and O–H groups in total. The van der Waals surface area contributed by atoms with Crippen LogP contribution in [0.3, 0.4) is 0 Å². The zero-order chi connectivity index (χ0) is 12.8. The number of fused-ring (bicyclic) bond motifs is 1. The minimum absolute atomic E-state index is 0.168. The summed E-state index contributed by atoms with van der Waals surface area (Å²) in [4.78, 5) is 8.52. The Morgan fingerprint density at radius 1 is 1.28 bits per heavy atom. The molecular formula is C14H15N3O. The molecule has 1 aromatic heterocycles. The van der Waals surface area contributed by atoms with Gasteiger partial charge in [0.2, 0.25) is 0 Å². The van der Waals surface area contributed by atoms with Crippen molar-refractivity contribution >= 4 is 5.82 Å². The van der Waals surface area contributed by atoms with Crippen molar-refractivity contribution in [2.75, 3.05) is 5.73 Å². The van der Waals surface area contributed by atoms with E-state index in [-0.39, 0.29) is 5.60 Å². The third-order valence-electron chi connectivity index (χ3n) is 3.01. The van der Waals surface area contributed by atoms with Gasteiger partial charge in [-0.2, -0.15) is 0 Å². The van der Waals surface area contributed by atoms with E-state index < -0.39 is 0 Å². The first-order valence-electron chi connectivity index (χ1n) is 5.95. The van der Waals surface area contributed by atoms with E-state index in [0.717, 1.165) is 17.7 Å². The second-order valence-corrected chi connectivity index (χ2v) is 5.14. The zero-order valence-electron chi connectivity index (χ0n) is 10.5. The summed E-state index contributed by atoms with van der Waals surface area (Å²) in [5.74, 6) is 1.97. The second kappa shape index (κ2) is 3.70. The van der Waals surface area contributed by atoms with Crippen LogP contribution in [0.1, 0.15) is 19.4 Å². The molecule has 0 bridgehead atoms. The van der Waals surface area contributed by atoms with Crippen molar-refractivity contribution < 1.29 is 4.74 Å². The van der Waals surface area contributed by atoms with Crippen LogP contribution in [-0.4, -0.2) is 15.6 Å². The molecule has 92 valence electrons. The SMILES string of the molecule is CC1(C)Cc2cccc(-c3nccc(N)n3)c2O1. The van der Waals surface area contributed by atoms with Gasteiger partial charge < -0.3 is 10.5 Å². The third-order valence-corrected chi connectivity index (χ3v) is 3.01. The van der Waals surface area contributed by atoms with Crippen LogP contribution in [0.4, 0.5) is 5.82 Å². The number of benzene rings is 1. The molecule has 0 amide bonds. The van der Waals surface area contributed by atoms with Gasteiger partial charge in [-0.25, -0.2) is 9.97 Å². The molecular weight excluding hydrogens is 226 g/mol. The van der Waals surface area contributed by atoms with Gasteiger partial charge >= 0.3 is 0 Å². The standard InChI is InChI=1S/C14H15N3O/c1-14(2)8-9-4-3-5-10(12(9)18-14)13-16-7-6-11(15)17-13/h3-7H,8H2,1-2H3,(H2,15,16,17). The average Bonchev–Trinajstić information content (AvgIpc) is 2.62. The number of nitrogens with two attached hydrogens (primary N) is 1. The highest BCUT2D eigenvalue weighted by Gasteiger charge is 2.32. The van der Waals surface area contributed by atoms with E-state index in [1.165, 1.54) is 5.56 Å². The smallest absolute Gasteiger partial charge is 0.165 e. The summed E-state index contributed by atoms with van der Waals surface area (Å²) in [5, 5.41) is 0. The first-order chi connectivity index (χ1) is 8.55. The molecule has 4 heteroatoms. The van der Waals surface area contributed by atoms with Crippen LogP contribution < -0.4 is 10.5 Å². The first kappa shape index (κ1) is 11.0. The topological polar surface area (TPSA) is 61.0 Å². The summed E-state index contributed by atoms with van der Waals surface area (Å²) >= 11 is 0. The van der Waals surface area contributed by atoms with Crippen molar-refractivity contribution in [2.45, 2.75) is 25.9 Å². The molecule has 2 aromatic rings. The minimum Gasteiger partial charge on any atom is -0.486 e. The molecule has 3 rings (SSSR count). The Morgan fingerprint density at radius 3 is 2.89 bits per heavy atom.